The van der Waals surface area contributed by atoms with Crippen molar-refractivity contribution in [1.29, 1.82) is 5.26 Å². The maximum Gasteiger partial charge on any atom is 0.276 e. The normalized spacial score (nSPS) is 14.2. The van der Waals surface area contributed by atoms with Gasteiger partial charge in [-0.25, -0.2) is 0 Å². The number of nitrogens with zero attached hydrogens (tertiary/aromatic N) is 3. The highest BCUT2D eigenvalue weighted by Gasteiger charge is 2.33. The number of aromatic nitrogens is 1. The van der Waals surface area contributed by atoms with E-state index in [4.69, 9.17) is 14.5 Å². The summed E-state index contributed by atoms with van der Waals surface area (Å²) in [6.45, 7) is 0.744. The molecule has 96 valence electrons. The van der Waals surface area contributed by atoms with E-state index in [0.29, 0.717) is 25.3 Å². The second kappa shape index (κ2) is 5.65. The second-order valence-corrected chi connectivity index (χ2v) is 4.25. The largest absolute Gasteiger partial charge is 0.377 e. The molecule has 0 aliphatic heterocycles. The molecule has 0 aromatic carbocycles. The van der Waals surface area contributed by atoms with Crippen LogP contribution in [0.5, 0.6) is 0 Å². The molecule has 6 nitrogen and oxygen atoms in total. The Morgan fingerprint density at radius 3 is 3.11 bits per heavy atom. The summed E-state index contributed by atoms with van der Waals surface area (Å²) in [4.78, 5) is 13.9. The predicted octanol–water partition coefficient (Wildman–Crippen LogP) is 1.34. The Morgan fingerprint density at radius 1 is 1.72 bits per heavy atom. The highest BCUT2D eigenvalue weighted by Crippen LogP contribution is 2.28. The summed E-state index contributed by atoms with van der Waals surface area (Å²) < 4.78 is 9.90. The van der Waals surface area contributed by atoms with Gasteiger partial charge in [0.15, 0.2) is 11.5 Å². The van der Waals surface area contributed by atoms with Gasteiger partial charge in [0.2, 0.25) is 0 Å². The van der Waals surface area contributed by atoms with E-state index < -0.39 is 0 Å². The quantitative estimate of drug-likeness (QED) is 0.760. The van der Waals surface area contributed by atoms with Crippen LogP contribution in [0.25, 0.3) is 0 Å². The van der Waals surface area contributed by atoms with Crippen molar-refractivity contribution in [3.63, 3.8) is 0 Å². The lowest BCUT2D eigenvalue weighted by molar-refractivity contribution is 0.0735. The van der Waals surface area contributed by atoms with Crippen molar-refractivity contribution in [3.05, 3.63) is 17.5 Å². The van der Waals surface area contributed by atoms with Crippen molar-refractivity contribution in [2.75, 3.05) is 13.7 Å². The van der Waals surface area contributed by atoms with Crippen LogP contribution in [0.2, 0.25) is 0 Å². The average Bonchev–Trinajstić information content (AvgIpc) is 3.09. The molecule has 0 saturated heterocycles. The molecule has 1 fully saturated rings. The zero-order valence-electron chi connectivity index (χ0n) is 10.3. The van der Waals surface area contributed by atoms with E-state index in [1.807, 2.05) is 0 Å². The third kappa shape index (κ3) is 2.87. The fourth-order valence-electron chi connectivity index (χ4n) is 1.78. The SMILES string of the molecule is COCc1cc(C(=O)N(CCC#N)C2CC2)no1. The van der Waals surface area contributed by atoms with E-state index in [1.165, 1.54) is 0 Å². The van der Waals surface area contributed by atoms with E-state index in [2.05, 4.69) is 11.2 Å². The Labute approximate surface area is 105 Å². The first-order valence-corrected chi connectivity index (χ1v) is 5.88. The molecule has 1 aromatic rings. The minimum Gasteiger partial charge on any atom is -0.377 e. The van der Waals surface area contributed by atoms with Crippen LogP contribution in [0, 0.1) is 11.3 Å². The van der Waals surface area contributed by atoms with Gasteiger partial charge in [-0.15, -0.1) is 0 Å². The van der Waals surface area contributed by atoms with Crippen molar-refractivity contribution in [2.24, 2.45) is 0 Å². The average molecular weight is 249 g/mol. The Hall–Kier alpha value is -1.87. The fraction of sp³-hybridized carbons (Fsp3) is 0.583. The number of ether oxygens (including phenoxy) is 1. The molecule has 0 atom stereocenters. The molecule has 0 N–H and O–H groups in total. The summed E-state index contributed by atoms with van der Waals surface area (Å²) in [5, 5.41) is 12.3. The highest BCUT2D eigenvalue weighted by atomic mass is 16.5. The van der Waals surface area contributed by atoms with Crippen LogP contribution in [0.1, 0.15) is 35.5 Å². The number of nitriles is 1. The van der Waals surface area contributed by atoms with Crippen molar-refractivity contribution in [3.8, 4) is 6.07 Å². The molecule has 2 rings (SSSR count). The van der Waals surface area contributed by atoms with Gasteiger partial charge in [-0.2, -0.15) is 5.26 Å². The van der Waals surface area contributed by atoms with Gasteiger partial charge in [0.1, 0.15) is 6.61 Å². The van der Waals surface area contributed by atoms with Gasteiger partial charge < -0.3 is 14.2 Å². The lowest BCUT2D eigenvalue weighted by atomic mass is 10.3. The summed E-state index contributed by atoms with van der Waals surface area (Å²) in [5.74, 6) is 0.357. The number of methoxy groups -OCH3 is 1. The predicted molar refractivity (Wildman–Crippen MR) is 61.5 cm³/mol. The van der Waals surface area contributed by atoms with E-state index in [0.717, 1.165) is 12.8 Å². The van der Waals surface area contributed by atoms with Gasteiger partial charge in [0.05, 0.1) is 12.5 Å². The summed E-state index contributed by atoms with van der Waals surface area (Å²) in [5.41, 5.74) is 0.284. The first kappa shape index (κ1) is 12.6. The molecular weight excluding hydrogens is 234 g/mol. The van der Waals surface area contributed by atoms with Crippen LogP contribution >= 0.6 is 0 Å². The summed E-state index contributed by atoms with van der Waals surface area (Å²) in [6, 6.07) is 3.90. The Balaban J connectivity index is 2.04. The van der Waals surface area contributed by atoms with Crippen molar-refractivity contribution < 1.29 is 14.1 Å². The molecule has 0 bridgehead atoms. The van der Waals surface area contributed by atoms with Crippen LogP contribution in [0.4, 0.5) is 0 Å². The minimum atomic E-state index is -0.168. The summed E-state index contributed by atoms with van der Waals surface area (Å²) >= 11 is 0. The Kier molecular flexibility index (Phi) is 3.95. The molecule has 1 aromatic heterocycles. The smallest absolute Gasteiger partial charge is 0.276 e. The number of hydrogen-bond donors (Lipinski definition) is 0. The van der Waals surface area contributed by atoms with Gasteiger partial charge in [-0.3, -0.25) is 4.79 Å². The maximum atomic E-state index is 12.2. The van der Waals surface area contributed by atoms with Gasteiger partial charge in [-0.05, 0) is 12.8 Å². The third-order valence-electron chi connectivity index (χ3n) is 2.78. The summed E-state index contributed by atoms with van der Waals surface area (Å²) in [7, 11) is 1.55. The van der Waals surface area contributed by atoms with Gasteiger partial charge in [0.25, 0.3) is 5.91 Å². The monoisotopic (exact) mass is 249 g/mol. The first-order chi connectivity index (χ1) is 8.76. The lowest BCUT2D eigenvalue weighted by Crippen LogP contribution is -2.34. The molecule has 1 amide bonds. The molecular formula is C12H15N3O3. The van der Waals surface area contributed by atoms with Crippen LogP contribution < -0.4 is 0 Å². The maximum absolute atomic E-state index is 12.2. The molecule has 6 heteroatoms. The van der Waals surface area contributed by atoms with Crippen LogP contribution in [0.15, 0.2) is 10.6 Å². The molecule has 0 radical (unpaired) electrons. The standard InChI is InChI=1S/C12H15N3O3/c1-17-8-10-7-11(14-18-10)12(16)15(6-2-5-13)9-3-4-9/h7,9H,2-4,6,8H2,1H3. The molecule has 1 heterocycles. The van der Waals surface area contributed by atoms with Gasteiger partial charge >= 0.3 is 0 Å². The zero-order chi connectivity index (χ0) is 13.0. The topological polar surface area (TPSA) is 79.4 Å². The van der Waals surface area contributed by atoms with Crippen molar-refractivity contribution >= 4 is 5.91 Å². The van der Waals surface area contributed by atoms with Crippen LogP contribution in [0.3, 0.4) is 0 Å². The Morgan fingerprint density at radius 2 is 2.50 bits per heavy atom. The first-order valence-electron chi connectivity index (χ1n) is 5.88. The number of hydrogen-bond acceptors (Lipinski definition) is 5. The van der Waals surface area contributed by atoms with Crippen LogP contribution in [-0.2, 0) is 11.3 Å². The molecule has 18 heavy (non-hydrogen) atoms. The molecule has 1 aliphatic carbocycles. The van der Waals surface area contributed by atoms with Crippen molar-refractivity contribution in [1.82, 2.24) is 10.1 Å². The number of carbonyl (C=O) groups excluding carboxylic acids is 1. The van der Waals surface area contributed by atoms with Crippen LogP contribution in [-0.4, -0.2) is 35.7 Å². The van der Waals surface area contributed by atoms with Crippen molar-refractivity contribution in [2.45, 2.75) is 31.9 Å². The summed E-state index contributed by atoms with van der Waals surface area (Å²) in [6.07, 6.45) is 2.34. The fourth-order valence-corrected chi connectivity index (χ4v) is 1.78. The minimum absolute atomic E-state index is 0.168. The number of amides is 1. The lowest BCUT2D eigenvalue weighted by Gasteiger charge is -2.19. The van der Waals surface area contributed by atoms with E-state index in [9.17, 15) is 4.79 Å². The molecule has 0 spiro atoms. The van der Waals surface area contributed by atoms with E-state index >= 15 is 0 Å². The van der Waals surface area contributed by atoms with E-state index in [1.54, 1.807) is 18.1 Å². The third-order valence-corrected chi connectivity index (χ3v) is 2.78. The second-order valence-electron chi connectivity index (χ2n) is 4.25. The number of carbonyl (C=O) groups is 1. The number of rotatable bonds is 6. The Bertz CT molecular complexity index is 459. The zero-order valence-corrected chi connectivity index (χ0v) is 10.3. The molecule has 0 unspecified atom stereocenters. The van der Waals surface area contributed by atoms with E-state index in [-0.39, 0.29) is 17.6 Å². The highest BCUT2D eigenvalue weighted by molar-refractivity contribution is 5.92. The van der Waals surface area contributed by atoms with Gasteiger partial charge in [-0.1, -0.05) is 5.16 Å². The molecule has 1 aliphatic rings. The van der Waals surface area contributed by atoms with Gasteiger partial charge in [0, 0.05) is 25.8 Å². The molecule has 1 saturated carbocycles.